The van der Waals surface area contributed by atoms with E-state index in [1.54, 1.807) is 43.9 Å². The summed E-state index contributed by atoms with van der Waals surface area (Å²) < 4.78 is 28.6. The molecule has 3 N–H and O–H groups in total. The minimum Gasteiger partial charge on any atom is -0.494 e. The third-order valence-electron chi connectivity index (χ3n) is 9.13. The second kappa shape index (κ2) is 19.8. The molecular weight excluding hydrogens is 706 g/mol. The highest BCUT2D eigenvalue weighted by molar-refractivity contribution is 5.99. The van der Waals surface area contributed by atoms with Gasteiger partial charge in [0.2, 0.25) is 11.9 Å². The number of nitrogens with zero attached hydrogens (tertiary/aromatic N) is 4. The molecule has 2 atom stereocenters. The van der Waals surface area contributed by atoms with Gasteiger partial charge in [0.15, 0.2) is 0 Å². The zero-order chi connectivity index (χ0) is 39.2. The van der Waals surface area contributed by atoms with Crippen molar-refractivity contribution in [2.45, 2.75) is 97.2 Å². The Hall–Kier alpha value is -5.34. The van der Waals surface area contributed by atoms with Crippen molar-refractivity contribution in [1.29, 1.82) is 0 Å². The molecule has 0 aliphatic carbocycles. The number of methoxy groups -OCH3 is 1. The minimum absolute atomic E-state index is 0.144. The summed E-state index contributed by atoms with van der Waals surface area (Å²) in [5, 5.41) is 9.35. The fourth-order valence-electron chi connectivity index (χ4n) is 6.38. The number of hydrogen-bond donors (Lipinski definition) is 3. The highest BCUT2D eigenvalue weighted by Gasteiger charge is 2.37. The average Bonchev–Trinajstić information content (AvgIpc) is 3.16. The van der Waals surface area contributed by atoms with Crippen LogP contribution in [-0.2, 0) is 20.8 Å². The number of anilines is 3. The van der Waals surface area contributed by atoms with Crippen molar-refractivity contribution in [2.75, 3.05) is 50.7 Å². The molecule has 2 amide bonds. The van der Waals surface area contributed by atoms with Gasteiger partial charge < -0.3 is 44.5 Å². The summed E-state index contributed by atoms with van der Waals surface area (Å²) in [4.78, 5) is 55.0. The van der Waals surface area contributed by atoms with Crippen molar-refractivity contribution in [3.05, 3.63) is 53.6 Å². The van der Waals surface area contributed by atoms with E-state index in [4.69, 9.17) is 23.7 Å². The van der Waals surface area contributed by atoms with E-state index in [1.165, 1.54) is 7.11 Å². The number of likely N-dealkylation sites (tertiary alicyclic amines) is 1. The van der Waals surface area contributed by atoms with Gasteiger partial charge >= 0.3 is 18.1 Å². The molecule has 3 aromatic rings. The lowest BCUT2D eigenvalue weighted by molar-refractivity contribution is -0.145. The van der Waals surface area contributed by atoms with Crippen LogP contribution in [0.25, 0.3) is 0 Å². The van der Waals surface area contributed by atoms with Gasteiger partial charge in [0, 0.05) is 37.3 Å². The molecule has 0 spiro atoms. The summed E-state index contributed by atoms with van der Waals surface area (Å²) in [7, 11) is 1.28. The first-order valence-electron chi connectivity index (χ1n) is 19.3. The molecule has 3 aliphatic rings. The molecule has 2 unspecified atom stereocenters. The van der Waals surface area contributed by atoms with E-state index in [-0.39, 0.29) is 24.1 Å². The van der Waals surface area contributed by atoms with Gasteiger partial charge in [-0.3, -0.25) is 4.79 Å². The third-order valence-corrected chi connectivity index (χ3v) is 9.13. The summed E-state index contributed by atoms with van der Waals surface area (Å²) in [6.45, 7) is 9.84. The van der Waals surface area contributed by atoms with Crippen molar-refractivity contribution >= 4 is 35.6 Å². The second-order valence-electron chi connectivity index (χ2n) is 14.7. The SMILES string of the molecule is CCOc1nc2nc(n1)Nc1ccc(C(=O)NC(C(=O)OC)C3CCCN(C(=O)OC(C)(C)C)C3)c(c1)OCCCCCCCCOc1ccc(cc1)CN2. The summed E-state index contributed by atoms with van der Waals surface area (Å²) in [6.07, 6.45) is 6.70. The van der Waals surface area contributed by atoms with Gasteiger partial charge in [-0.25, -0.2) is 9.59 Å². The lowest BCUT2D eigenvalue weighted by Crippen LogP contribution is -2.53. The maximum absolute atomic E-state index is 14.0. The van der Waals surface area contributed by atoms with Crippen LogP contribution in [0.5, 0.6) is 17.5 Å². The predicted octanol–water partition coefficient (Wildman–Crippen LogP) is 6.66. The molecule has 4 heterocycles. The Bertz CT molecular complexity index is 1730. The lowest BCUT2D eigenvalue weighted by atomic mass is 9.90. The number of fused-ring (bicyclic) bond motifs is 12. The van der Waals surface area contributed by atoms with Crippen LogP contribution in [0.2, 0.25) is 0 Å². The molecule has 15 nitrogen and oxygen atoms in total. The highest BCUT2D eigenvalue weighted by Crippen LogP contribution is 2.28. The van der Waals surface area contributed by atoms with E-state index in [9.17, 15) is 14.4 Å². The Balaban J connectivity index is 1.38. The monoisotopic (exact) mass is 761 g/mol. The van der Waals surface area contributed by atoms with Gasteiger partial charge in [0.25, 0.3) is 5.91 Å². The number of amides is 2. The van der Waals surface area contributed by atoms with Gasteiger partial charge in [-0.2, -0.15) is 15.0 Å². The Morgan fingerprint density at radius 1 is 0.927 bits per heavy atom. The zero-order valence-electron chi connectivity index (χ0n) is 32.7. The van der Waals surface area contributed by atoms with Crippen LogP contribution < -0.4 is 30.2 Å². The van der Waals surface area contributed by atoms with Crippen molar-refractivity contribution < 1.29 is 38.1 Å². The van der Waals surface area contributed by atoms with E-state index in [2.05, 4.69) is 30.9 Å². The summed E-state index contributed by atoms with van der Waals surface area (Å²) in [5.74, 6) is 0.195. The molecular formula is C40H55N7O8. The molecule has 2 aromatic carbocycles. The van der Waals surface area contributed by atoms with Gasteiger partial charge in [0.05, 0.1) is 32.5 Å². The summed E-state index contributed by atoms with van der Waals surface area (Å²) in [5.41, 5.74) is 1.15. The highest BCUT2D eigenvalue weighted by atomic mass is 16.6. The number of nitrogens with one attached hydrogen (secondary N) is 3. The fraction of sp³-hybridized carbons (Fsp3) is 0.550. The van der Waals surface area contributed by atoms with E-state index in [1.807, 2.05) is 31.2 Å². The number of aromatic nitrogens is 3. The van der Waals surface area contributed by atoms with Crippen LogP contribution in [0.1, 0.15) is 95.0 Å². The summed E-state index contributed by atoms with van der Waals surface area (Å²) >= 11 is 0. The van der Waals surface area contributed by atoms with Crippen molar-refractivity contribution in [3.8, 4) is 17.5 Å². The Labute approximate surface area is 323 Å². The number of hydrogen-bond acceptors (Lipinski definition) is 13. The number of piperidine rings is 1. The maximum Gasteiger partial charge on any atom is 0.410 e. The molecule has 3 aliphatic heterocycles. The molecule has 298 valence electrons. The van der Waals surface area contributed by atoms with Crippen LogP contribution in [0.15, 0.2) is 42.5 Å². The Morgan fingerprint density at radius 3 is 2.35 bits per heavy atom. The number of ether oxygens (including phenoxy) is 5. The quantitative estimate of drug-likeness (QED) is 0.228. The van der Waals surface area contributed by atoms with Crippen LogP contribution in [0, 0.1) is 5.92 Å². The van der Waals surface area contributed by atoms with Crippen LogP contribution >= 0.6 is 0 Å². The van der Waals surface area contributed by atoms with E-state index in [0.717, 1.165) is 49.8 Å². The fourth-order valence-corrected chi connectivity index (χ4v) is 6.38. The molecule has 0 saturated carbocycles. The number of rotatable bonds is 6. The van der Waals surface area contributed by atoms with E-state index < -0.39 is 35.5 Å². The predicted molar refractivity (Wildman–Crippen MR) is 207 cm³/mol. The number of carbonyl (C=O) groups excluding carboxylic acids is 3. The first-order valence-corrected chi connectivity index (χ1v) is 19.3. The normalized spacial score (nSPS) is 17.5. The largest absolute Gasteiger partial charge is 0.494 e. The molecule has 15 heteroatoms. The molecule has 55 heavy (non-hydrogen) atoms. The minimum atomic E-state index is -1.01. The smallest absolute Gasteiger partial charge is 0.410 e. The van der Waals surface area contributed by atoms with Crippen LogP contribution in [-0.4, -0.2) is 89.5 Å². The lowest BCUT2D eigenvalue weighted by Gasteiger charge is -2.36. The van der Waals surface area contributed by atoms with Gasteiger partial charge in [-0.15, -0.1) is 0 Å². The van der Waals surface area contributed by atoms with Gasteiger partial charge in [-0.1, -0.05) is 37.8 Å². The Kier molecular flexibility index (Phi) is 14.7. The number of carbonyl (C=O) groups is 3. The standard InChI is InChI=1S/C40H55N7O8/c1-6-52-38-45-36-41-25-27-15-18-30(19-16-27)53-22-11-9-7-8-10-12-23-54-32-24-29(42-37(44-36)46-38)17-20-31(32)34(48)43-33(35(49)51-5)28-14-13-21-47(26-28)39(50)55-40(2,3)4/h15-20,24,28,33H,6-14,21-23,25-26H2,1-5H3,(H,43,48)(H2,41,42,44,45,46). The van der Waals surface area contributed by atoms with E-state index in [0.29, 0.717) is 63.1 Å². The van der Waals surface area contributed by atoms with Crippen LogP contribution in [0.4, 0.5) is 22.4 Å². The molecule has 0 radical (unpaired) electrons. The maximum atomic E-state index is 14.0. The third kappa shape index (κ3) is 12.6. The molecule has 1 saturated heterocycles. The molecule has 6 bridgehead atoms. The van der Waals surface area contributed by atoms with Crippen molar-refractivity contribution in [3.63, 3.8) is 0 Å². The van der Waals surface area contributed by atoms with E-state index >= 15 is 0 Å². The number of benzene rings is 2. The Morgan fingerprint density at radius 2 is 1.64 bits per heavy atom. The van der Waals surface area contributed by atoms with Gasteiger partial charge in [0.1, 0.15) is 23.1 Å². The average molecular weight is 762 g/mol. The first kappa shape index (κ1) is 40.8. The van der Waals surface area contributed by atoms with Crippen molar-refractivity contribution in [2.24, 2.45) is 5.92 Å². The zero-order valence-corrected chi connectivity index (χ0v) is 32.7. The van der Waals surface area contributed by atoms with Crippen LogP contribution in [0.3, 0.4) is 0 Å². The molecule has 1 fully saturated rings. The summed E-state index contributed by atoms with van der Waals surface area (Å²) in [6, 6.07) is 12.1. The molecule has 1 aromatic heterocycles. The second-order valence-corrected chi connectivity index (χ2v) is 14.7. The molecule has 6 rings (SSSR count). The number of esters is 1. The van der Waals surface area contributed by atoms with Gasteiger partial charge in [-0.05, 0) is 83.2 Å². The van der Waals surface area contributed by atoms with Crippen molar-refractivity contribution in [1.82, 2.24) is 25.2 Å². The first-order chi connectivity index (χ1) is 26.5. The topological polar surface area (TPSA) is 175 Å².